The highest BCUT2D eigenvalue weighted by atomic mass is 16.5. The maximum absolute atomic E-state index is 9.51. The van der Waals surface area contributed by atoms with Crippen LogP contribution < -0.4 is 4.74 Å². The van der Waals surface area contributed by atoms with Crippen LogP contribution in [0.4, 0.5) is 0 Å². The number of fused-ring (bicyclic) bond motifs is 1. The first-order valence-corrected chi connectivity index (χ1v) is 9.59. The second kappa shape index (κ2) is 8.78. The van der Waals surface area contributed by atoms with E-state index in [0.29, 0.717) is 17.7 Å². The maximum atomic E-state index is 9.51. The molecule has 0 aliphatic carbocycles. The number of benzene rings is 4. The second-order valence-electron chi connectivity index (χ2n) is 6.85. The Balaban J connectivity index is 1.49. The molecule has 0 unspecified atom stereocenters. The Labute approximate surface area is 175 Å². The van der Waals surface area contributed by atoms with Crippen LogP contribution in [-0.4, -0.2) is 0 Å². The van der Waals surface area contributed by atoms with E-state index < -0.39 is 0 Å². The molecule has 0 atom stereocenters. The van der Waals surface area contributed by atoms with E-state index in [2.05, 4.69) is 36.4 Å². The zero-order valence-corrected chi connectivity index (χ0v) is 16.2. The lowest BCUT2D eigenvalue weighted by Crippen LogP contribution is -1.96. The van der Waals surface area contributed by atoms with Crippen LogP contribution in [0.15, 0.2) is 91.0 Å². The lowest BCUT2D eigenvalue weighted by atomic mass is 10.0. The molecular formula is C27H18N2O. The standard InChI is InChI=1S/C27H18N2O/c28-17-21-8-12-22(13-9-21)25(18-29)16-20-10-14-26(15-11-20)30-19-24-6-3-5-23-4-1-2-7-27(23)24/h1-16H,19H2/b25-16-. The van der Waals surface area contributed by atoms with Crippen LogP contribution in [0.25, 0.3) is 22.4 Å². The third-order valence-corrected chi connectivity index (χ3v) is 4.91. The van der Waals surface area contributed by atoms with Crippen molar-refractivity contribution in [2.24, 2.45) is 0 Å². The number of hydrogen-bond acceptors (Lipinski definition) is 3. The maximum Gasteiger partial charge on any atom is 0.119 e. The van der Waals surface area contributed by atoms with E-state index in [1.165, 1.54) is 10.8 Å². The minimum absolute atomic E-state index is 0.491. The SMILES string of the molecule is N#C/C(=C/c1ccc(OCc2cccc3ccccc23)cc1)c1ccc(C#N)cc1. The molecule has 0 saturated carbocycles. The summed E-state index contributed by atoms with van der Waals surface area (Å²) >= 11 is 0. The molecule has 0 aromatic heterocycles. The minimum Gasteiger partial charge on any atom is -0.489 e. The number of rotatable bonds is 5. The Kier molecular flexibility index (Phi) is 5.56. The molecule has 0 amide bonds. The summed E-state index contributed by atoms with van der Waals surface area (Å²) in [6, 6.07) is 33.5. The first-order valence-electron chi connectivity index (χ1n) is 9.59. The van der Waals surface area contributed by atoms with E-state index >= 15 is 0 Å². The Bertz CT molecular complexity index is 1280. The molecule has 0 bridgehead atoms. The van der Waals surface area contributed by atoms with Gasteiger partial charge in [0.1, 0.15) is 12.4 Å². The molecule has 0 aliphatic rings. The van der Waals surface area contributed by atoms with Crippen LogP contribution in [0, 0.1) is 22.7 Å². The van der Waals surface area contributed by atoms with Crippen molar-refractivity contribution in [1.82, 2.24) is 0 Å². The molecule has 3 heteroatoms. The third kappa shape index (κ3) is 4.22. The van der Waals surface area contributed by atoms with Crippen molar-refractivity contribution in [2.45, 2.75) is 6.61 Å². The van der Waals surface area contributed by atoms with Gasteiger partial charge >= 0.3 is 0 Å². The zero-order valence-electron chi connectivity index (χ0n) is 16.2. The topological polar surface area (TPSA) is 56.8 Å². The van der Waals surface area contributed by atoms with Gasteiger partial charge in [-0.3, -0.25) is 0 Å². The monoisotopic (exact) mass is 386 g/mol. The van der Waals surface area contributed by atoms with Crippen molar-refractivity contribution in [3.63, 3.8) is 0 Å². The Hall–Kier alpha value is -4.34. The van der Waals surface area contributed by atoms with Gasteiger partial charge in [0, 0.05) is 0 Å². The van der Waals surface area contributed by atoms with E-state index in [-0.39, 0.29) is 0 Å². The highest BCUT2D eigenvalue weighted by molar-refractivity contribution is 5.89. The first kappa shape index (κ1) is 19.0. The molecule has 0 heterocycles. The molecule has 3 nitrogen and oxygen atoms in total. The van der Waals surface area contributed by atoms with Gasteiger partial charge in [0.2, 0.25) is 0 Å². The first-order chi connectivity index (χ1) is 14.8. The summed E-state index contributed by atoms with van der Waals surface area (Å²) in [5.74, 6) is 0.775. The quantitative estimate of drug-likeness (QED) is 0.296. The molecule has 142 valence electrons. The molecule has 0 N–H and O–H groups in total. The fraction of sp³-hybridized carbons (Fsp3) is 0.0370. The summed E-state index contributed by atoms with van der Waals surface area (Å²) in [5.41, 5.74) is 3.96. The Morgan fingerprint density at radius 2 is 1.53 bits per heavy atom. The smallest absolute Gasteiger partial charge is 0.119 e. The summed E-state index contributed by atoms with van der Waals surface area (Å²) < 4.78 is 5.98. The van der Waals surface area contributed by atoms with Gasteiger partial charge in [-0.05, 0) is 57.8 Å². The Morgan fingerprint density at radius 3 is 2.27 bits per heavy atom. The number of hydrogen-bond donors (Lipinski definition) is 0. The summed E-state index contributed by atoms with van der Waals surface area (Å²) in [5, 5.41) is 20.8. The Morgan fingerprint density at radius 1 is 0.800 bits per heavy atom. The van der Waals surface area contributed by atoms with Crippen LogP contribution in [0.2, 0.25) is 0 Å². The molecule has 4 aromatic carbocycles. The van der Waals surface area contributed by atoms with Crippen LogP contribution in [0.3, 0.4) is 0 Å². The fourth-order valence-electron chi connectivity index (χ4n) is 3.31. The van der Waals surface area contributed by atoms with Gasteiger partial charge in [-0.2, -0.15) is 10.5 Å². The highest BCUT2D eigenvalue weighted by Crippen LogP contribution is 2.23. The normalized spacial score (nSPS) is 10.9. The van der Waals surface area contributed by atoms with Crippen molar-refractivity contribution in [2.75, 3.05) is 0 Å². The van der Waals surface area contributed by atoms with Gasteiger partial charge in [0.15, 0.2) is 0 Å². The van der Waals surface area contributed by atoms with Crippen LogP contribution in [0.5, 0.6) is 5.75 Å². The molecule has 4 rings (SSSR count). The van der Waals surface area contributed by atoms with Crippen LogP contribution in [0.1, 0.15) is 22.3 Å². The second-order valence-corrected chi connectivity index (χ2v) is 6.85. The van der Waals surface area contributed by atoms with E-state index in [0.717, 1.165) is 22.4 Å². The average Bonchev–Trinajstić information content (AvgIpc) is 2.82. The van der Waals surface area contributed by atoms with E-state index in [1.54, 1.807) is 24.3 Å². The van der Waals surface area contributed by atoms with Crippen molar-refractivity contribution in [3.8, 4) is 17.9 Å². The molecule has 0 aliphatic heterocycles. The number of nitriles is 2. The number of nitrogens with zero attached hydrogens (tertiary/aromatic N) is 2. The van der Waals surface area contributed by atoms with Gasteiger partial charge in [-0.15, -0.1) is 0 Å². The van der Waals surface area contributed by atoms with Crippen molar-refractivity contribution in [1.29, 1.82) is 10.5 Å². The lowest BCUT2D eigenvalue weighted by molar-refractivity contribution is 0.307. The van der Waals surface area contributed by atoms with Gasteiger partial charge in [0.05, 0.1) is 23.3 Å². The van der Waals surface area contributed by atoms with Gasteiger partial charge in [-0.1, -0.05) is 66.7 Å². The molecule has 0 fully saturated rings. The highest BCUT2D eigenvalue weighted by Gasteiger charge is 2.04. The minimum atomic E-state index is 0.491. The molecule has 30 heavy (non-hydrogen) atoms. The molecule has 0 radical (unpaired) electrons. The number of allylic oxidation sites excluding steroid dienone is 1. The summed E-state index contributed by atoms with van der Waals surface area (Å²) in [6.45, 7) is 0.491. The summed E-state index contributed by atoms with van der Waals surface area (Å²) in [4.78, 5) is 0. The van der Waals surface area contributed by atoms with E-state index in [1.807, 2.05) is 48.5 Å². The van der Waals surface area contributed by atoms with E-state index in [4.69, 9.17) is 10.00 Å². The molecule has 4 aromatic rings. The zero-order chi connectivity index (χ0) is 20.8. The van der Waals surface area contributed by atoms with Gasteiger partial charge < -0.3 is 4.74 Å². The largest absolute Gasteiger partial charge is 0.489 e. The average molecular weight is 386 g/mol. The van der Waals surface area contributed by atoms with Crippen LogP contribution >= 0.6 is 0 Å². The lowest BCUT2D eigenvalue weighted by Gasteiger charge is -2.09. The van der Waals surface area contributed by atoms with Gasteiger partial charge in [0.25, 0.3) is 0 Å². The van der Waals surface area contributed by atoms with Crippen molar-refractivity contribution >= 4 is 22.4 Å². The molecular weight excluding hydrogens is 368 g/mol. The van der Waals surface area contributed by atoms with Crippen molar-refractivity contribution < 1.29 is 4.74 Å². The predicted molar refractivity (Wildman–Crippen MR) is 119 cm³/mol. The van der Waals surface area contributed by atoms with E-state index in [9.17, 15) is 5.26 Å². The van der Waals surface area contributed by atoms with Crippen molar-refractivity contribution in [3.05, 3.63) is 113 Å². The number of ether oxygens (including phenoxy) is 1. The molecule has 0 saturated heterocycles. The van der Waals surface area contributed by atoms with Gasteiger partial charge in [-0.25, -0.2) is 0 Å². The third-order valence-electron chi connectivity index (χ3n) is 4.91. The molecule has 0 spiro atoms. The fourth-order valence-corrected chi connectivity index (χ4v) is 3.31. The summed E-state index contributed by atoms with van der Waals surface area (Å²) in [7, 11) is 0. The summed E-state index contributed by atoms with van der Waals surface area (Å²) in [6.07, 6.45) is 1.83. The van der Waals surface area contributed by atoms with Crippen LogP contribution in [-0.2, 0) is 6.61 Å². The predicted octanol–water partition coefficient (Wildman–Crippen LogP) is 6.35.